The standard InChI is InChI=1S/C18H19F3N2O4S/c1-12-6-7-13(8-16(12)27-2)10-22-17(24)11-23-28(25,26)15-5-3-4-14(9-15)18(19,20)21/h3-9,23H,10-11H2,1-2H3,(H,22,24). The highest BCUT2D eigenvalue weighted by atomic mass is 32.2. The minimum atomic E-state index is -4.67. The summed E-state index contributed by atoms with van der Waals surface area (Å²) in [6.45, 7) is 1.39. The summed E-state index contributed by atoms with van der Waals surface area (Å²) in [5.41, 5.74) is 0.580. The second-order valence-corrected chi connectivity index (χ2v) is 7.70. The number of aryl methyl sites for hydroxylation is 1. The van der Waals surface area contributed by atoms with Crippen LogP contribution in [0.5, 0.6) is 5.75 Å². The molecule has 0 spiro atoms. The molecule has 0 atom stereocenters. The first-order valence-electron chi connectivity index (χ1n) is 8.10. The molecule has 0 heterocycles. The van der Waals surface area contributed by atoms with E-state index in [2.05, 4.69) is 5.32 Å². The zero-order chi connectivity index (χ0) is 20.9. The topological polar surface area (TPSA) is 84.5 Å². The highest BCUT2D eigenvalue weighted by Gasteiger charge is 2.31. The van der Waals surface area contributed by atoms with Gasteiger partial charge in [-0.3, -0.25) is 4.79 Å². The van der Waals surface area contributed by atoms with Gasteiger partial charge in [0.2, 0.25) is 15.9 Å². The van der Waals surface area contributed by atoms with Gasteiger partial charge in [0.05, 0.1) is 24.1 Å². The lowest BCUT2D eigenvalue weighted by Crippen LogP contribution is -2.36. The van der Waals surface area contributed by atoms with Crippen molar-refractivity contribution in [3.63, 3.8) is 0 Å². The molecule has 0 saturated carbocycles. The maximum Gasteiger partial charge on any atom is 0.416 e. The molecule has 0 saturated heterocycles. The van der Waals surface area contributed by atoms with Gasteiger partial charge in [0.25, 0.3) is 0 Å². The molecule has 0 aliphatic carbocycles. The fourth-order valence-corrected chi connectivity index (χ4v) is 3.35. The third kappa shape index (κ3) is 5.70. The van der Waals surface area contributed by atoms with Crippen LogP contribution in [0.25, 0.3) is 0 Å². The predicted octanol–water partition coefficient (Wildman–Crippen LogP) is 2.62. The zero-order valence-corrected chi connectivity index (χ0v) is 15.9. The summed E-state index contributed by atoms with van der Waals surface area (Å²) in [6, 6.07) is 8.63. The van der Waals surface area contributed by atoms with E-state index >= 15 is 0 Å². The summed E-state index contributed by atoms with van der Waals surface area (Å²) in [5.74, 6) is 0.0205. The van der Waals surface area contributed by atoms with Crippen LogP contribution < -0.4 is 14.8 Å². The molecule has 0 fully saturated rings. The Balaban J connectivity index is 1.96. The molecule has 2 aromatic rings. The third-order valence-corrected chi connectivity index (χ3v) is 5.26. The van der Waals surface area contributed by atoms with Gasteiger partial charge in [-0.25, -0.2) is 13.1 Å². The van der Waals surface area contributed by atoms with Gasteiger partial charge in [0, 0.05) is 6.54 Å². The van der Waals surface area contributed by atoms with E-state index in [1.807, 2.05) is 17.7 Å². The fourth-order valence-electron chi connectivity index (χ4n) is 2.32. The van der Waals surface area contributed by atoms with Crippen LogP contribution in [0.4, 0.5) is 13.2 Å². The maximum atomic E-state index is 12.7. The van der Waals surface area contributed by atoms with Gasteiger partial charge >= 0.3 is 6.18 Å². The van der Waals surface area contributed by atoms with Gasteiger partial charge < -0.3 is 10.1 Å². The Morgan fingerprint density at radius 2 is 1.86 bits per heavy atom. The van der Waals surface area contributed by atoms with Crippen molar-refractivity contribution in [1.29, 1.82) is 0 Å². The van der Waals surface area contributed by atoms with Crippen LogP contribution in [0.1, 0.15) is 16.7 Å². The number of carbonyl (C=O) groups is 1. The van der Waals surface area contributed by atoms with Crippen molar-refractivity contribution in [1.82, 2.24) is 10.0 Å². The van der Waals surface area contributed by atoms with Gasteiger partial charge in [0.15, 0.2) is 0 Å². The van der Waals surface area contributed by atoms with Crippen LogP contribution in [0.2, 0.25) is 0 Å². The van der Waals surface area contributed by atoms with Crippen molar-refractivity contribution >= 4 is 15.9 Å². The quantitative estimate of drug-likeness (QED) is 0.727. The van der Waals surface area contributed by atoms with Crippen LogP contribution in [-0.4, -0.2) is 28.0 Å². The molecule has 1 amide bonds. The number of rotatable bonds is 7. The lowest BCUT2D eigenvalue weighted by atomic mass is 10.1. The van der Waals surface area contributed by atoms with Crippen molar-refractivity contribution in [3.05, 3.63) is 59.2 Å². The number of carbonyl (C=O) groups excluding carboxylic acids is 1. The normalized spacial score (nSPS) is 11.9. The SMILES string of the molecule is COc1cc(CNC(=O)CNS(=O)(=O)c2cccc(C(F)(F)F)c2)ccc1C. The van der Waals surface area contributed by atoms with E-state index in [1.165, 1.54) is 7.11 Å². The van der Waals surface area contributed by atoms with Crippen molar-refractivity contribution < 1.29 is 31.1 Å². The second-order valence-electron chi connectivity index (χ2n) is 5.93. The predicted molar refractivity (Wildman–Crippen MR) is 96.2 cm³/mol. The molecule has 2 rings (SSSR count). The Morgan fingerprint density at radius 1 is 1.14 bits per heavy atom. The van der Waals surface area contributed by atoms with Crippen molar-refractivity contribution in [3.8, 4) is 5.75 Å². The molecule has 2 aromatic carbocycles. The van der Waals surface area contributed by atoms with Gasteiger partial charge in [-0.15, -0.1) is 0 Å². The smallest absolute Gasteiger partial charge is 0.416 e. The van der Waals surface area contributed by atoms with Crippen LogP contribution in [0, 0.1) is 6.92 Å². The number of sulfonamides is 1. The van der Waals surface area contributed by atoms with Gasteiger partial charge in [-0.05, 0) is 42.3 Å². The summed E-state index contributed by atoms with van der Waals surface area (Å²) in [6.07, 6.45) is -4.67. The first-order chi connectivity index (χ1) is 13.0. The van der Waals surface area contributed by atoms with Crippen molar-refractivity contribution in [2.24, 2.45) is 0 Å². The molecule has 0 aromatic heterocycles. The van der Waals surface area contributed by atoms with E-state index in [-0.39, 0.29) is 6.54 Å². The van der Waals surface area contributed by atoms with Crippen LogP contribution >= 0.6 is 0 Å². The van der Waals surface area contributed by atoms with E-state index < -0.39 is 39.1 Å². The molecule has 0 aliphatic heterocycles. The Hall–Kier alpha value is -2.59. The Bertz CT molecular complexity index is 960. The zero-order valence-electron chi connectivity index (χ0n) is 15.1. The molecular formula is C18H19F3N2O4S. The van der Waals surface area contributed by atoms with Crippen LogP contribution in [0.15, 0.2) is 47.4 Å². The van der Waals surface area contributed by atoms with E-state index in [4.69, 9.17) is 4.74 Å². The van der Waals surface area contributed by atoms with Gasteiger partial charge in [-0.1, -0.05) is 18.2 Å². The van der Waals surface area contributed by atoms with Crippen LogP contribution in [-0.2, 0) is 27.5 Å². The monoisotopic (exact) mass is 416 g/mol. The van der Waals surface area contributed by atoms with E-state index in [0.29, 0.717) is 11.8 Å². The number of ether oxygens (including phenoxy) is 1. The molecule has 0 radical (unpaired) electrons. The number of benzene rings is 2. The molecular weight excluding hydrogens is 397 g/mol. The minimum Gasteiger partial charge on any atom is -0.496 e. The molecule has 152 valence electrons. The summed E-state index contributed by atoms with van der Waals surface area (Å²) in [5, 5.41) is 2.53. The lowest BCUT2D eigenvalue weighted by Gasteiger charge is -2.11. The average Bonchev–Trinajstić information content (AvgIpc) is 2.65. The Kier molecular flexibility index (Phi) is 6.68. The number of hydrogen-bond donors (Lipinski definition) is 2. The number of alkyl halides is 3. The molecule has 6 nitrogen and oxygen atoms in total. The first kappa shape index (κ1) is 21.7. The summed E-state index contributed by atoms with van der Waals surface area (Å²) >= 11 is 0. The molecule has 28 heavy (non-hydrogen) atoms. The van der Waals surface area contributed by atoms with E-state index in [9.17, 15) is 26.4 Å². The third-order valence-electron chi connectivity index (χ3n) is 3.86. The Labute approximate surface area is 160 Å². The van der Waals surface area contributed by atoms with Gasteiger partial charge in [-0.2, -0.15) is 13.2 Å². The fraction of sp³-hybridized carbons (Fsp3) is 0.278. The number of halogens is 3. The minimum absolute atomic E-state index is 0.140. The summed E-state index contributed by atoms with van der Waals surface area (Å²) < 4.78 is 69.6. The van der Waals surface area contributed by atoms with E-state index in [1.54, 1.807) is 12.1 Å². The molecule has 2 N–H and O–H groups in total. The Morgan fingerprint density at radius 3 is 2.50 bits per heavy atom. The van der Waals surface area contributed by atoms with Crippen molar-refractivity contribution in [2.45, 2.75) is 24.5 Å². The van der Waals surface area contributed by atoms with Crippen LogP contribution in [0.3, 0.4) is 0 Å². The highest BCUT2D eigenvalue weighted by molar-refractivity contribution is 7.89. The summed E-state index contributed by atoms with van der Waals surface area (Å²) in [7, 11) is -2.75. The molecule has 10 heteroatoms. The van der Waals surface area contributed by atoms with Crippen molar-refractivity contribution in [2.75, 3.05) is 13.7 Å². The maximum absolute atomic E-state index is 12.7. The van der Waals surface area contributed by atoms with Gasteiger partial charge in [0.1, 0.15) is 5.75 Å². The number of nitrogens with one attached hydrogen (secondary N) is 2. The first-order valence-corrected chi connectivity index (χ1v) is 9.58. The molecule has 0 bridgehead atoms. The largest absolute Gasteiger partial charge is 0.496 e. The average molecular weight is 416 g/mol. The molecule has 0 aliphatic rings. The van der Waals surface area contributed by atoms with E-state index in [0.717, 1.165) is 29.3 Å². The number of methoxy groups -OCH3 is 1. The lowest BCUT2D eigenvalue weighted by molar-refractivity contribution is -0.137. The second kappa shape index (κ2) is 8.61. The number of amides is 1. The summed E-state index contributed by atoms with van der Waals surface area (Å²) in [4.78, 5) is 11.3. The highest BCUT2D eigenvalue weighted by Crippen LogP contribution is 2.30. The molecule has 0 unspecified atom stereocenters. The number of hydrogen-bond acceptors (Lipinski definition) is 4.